The van der Waals surface area contributed by atoms with Gasteiger partial charge in [0.25, 0.3) is 0 Å². The Morgan fingerprint density at radius 2 is 2.00 bits per heavy atom. The normalized spacial score (nSPS) is 13.4. The first-order valence-electron chi connectivity index (χ1n) is 5.18. The minimum atomic E-state index is -0.172. The van der Waals surface area contributed by atoms with Crippen molar-refractivity contribution >= 4 is 5.91 Å². The molecule has 0 radical (unpaired) electrons. The molecule has 2 N–H and O–H groups in total. The minimum absolute atomic E-state index is 0.0234. The fourth-order valence-electron chi connectivity index (χ4n) is 1.33. The largest absolute Gasteiger partial charge is 0.395 e. The van der Waals surface area contributed by atoms with Gasteiger partial charge in [-0.3, -0.25) is 9.69 Å². The summed E-state index contributed by atoms with van der Waals surface area (Å²) in [6.45, 7) is 9.12. The molecule has 0 aromatic carbocycles. The van der Waals surface area contributed by atoms with Gasteiger partial charge in [0.05, 0.1) is 12.6 Å². The molecule has 0 fully saturated rings. The average molecular weight is 202 g/mol. The highest BCUT2D eigenvalue weighted by Crippen LogP contribution is 1.98. The van der Waals surface area contributed by atoms with Crippen LogP contribution in [0.4, 0.5) is 0 Å². The first-order chi connectivity index (χ1) is 6.52. The number of carbonyl (C=O) groups is 1. The number of hydrogen-bond donors (Lipinski definition) is 2. The Hall–Kier alpha value is -0.610. The van der Waals surface area contributed by atoms with Gasteiger partial charge in [0.1, 0.15) is 0 Å². The van der Waals surface area contributed by atoms with Crippen molar-refractivity contribution in [2.75, 3.05) is 19.7 Å². The topological polar surface area (TPSA) is 52.6 Å². The predicted octanol–water partition coefficient (Wildman–Crippen LogP) is 0.214. The lowest BCUT2D eigenvalue weighted by molar-refractivity contribution is -0.126. The molecule has 0 rings (SSSR count). The van der Waals surface area contributed by atoms with E-state index >= 15 is 0 Å². The van der Waals surface area contributed by atoms with Gasteiger partial charge in [0, 0.05) is 12.6 Å². The van der Waals surface area contributed by atoms with Crippen LogP contribution in [0, 0.1) is 0 Å². The Kier molecular flexibility index (Phi) is 6.49. The standard InChI is InChI=1S/C10H22N2O2/c1-5-12(6-7-13)9(4)10(14)11-8(2)3/h8-9,13H,5-7H2,1-4H3,(H,11,14). The quantitative estimate of drug-likeness (QED) is 0.647. The maximum atomic E-state index is 11.6. The van der Waals surface area contributed by atoms with Crippen molar-refractivity contribution in [1.82, 2.24) is 10.2 Å². The van der Waals surface area contributed by atoms with Crippen LogP contribution < -0.4 is 5.32 Å². The molecule has 14 heavy (non-hydrogen) atoms. The Labute approximate surface area is 86.3 Å². The minimum Gasteiger partial charge on any atom is -0.395 e. The van der Waals surface area contributed by atoms with Crippen LogP contribution in [0.25, 0.3) is 0 Å². The molecule has 84 valence electrons. The molecule has 0 bridgehead atoms. The van der Waals surface area contributed by atoms with Crippen LogP contribution in [0.15, 0.2) is 0 Å². The number of rotatable bonds is 6. The van der Waals surface area contributed by atoms with Crippen LogP contribution in [0.5, 0.6) is 0 Å². The Morgan fingerprint density at radius 1 is 1.43 bits per heavy atom. The van der Waals surface area contributed by atoms with Crippen LogP contribution in [0.2, 0.25) is 0 Å². The van der Waals surface area contributed by atoms with Crippen LogP contribution in [0.1, 0.15) is 27.7 Å². The van der Waals surface area contributed by atoms with Crippen molar-refractivity contribution in [2.24, 2.45) is 0 Å². The number of carbonyl (C=O) groups excluding carboxylic acids is 1. The van der Waals surface area contributed by atoms with Gasteiger partial charge in [-0.1, -0.05) is 6.92 Å². The lowest BCUT2D eigenvalue weighted by Crippen LogP contribution is -2.47. The number of amides is 1. The summed E-state index contributed by atoms with van der Waals surface area (Å²) in [6.07, 6.45) is 0. The number of nitrogens with one attached hydrogen (secondary N) is 1. The molecular weight excluding hydrogens is 180 g/mol. The second-order valence-electron chi connectivity index (χ2n) is 3.69. The summed E-state index contributed by atoms with van der Waals surface area (Å²) in [5.41, 5.74) is 0. The highest BCUT2D eigenvalue weighted by atomic mass is 16.3. The third-order valence-corrected chi connectivity index (χ3v) is 2.15. The third-order valence-electron chi connectivity index (χ3n) is 2.15. The number of aliphatic hydroxyl groups excluding tert-OH is 1. The van der Waals surface area contributed by atoms with E-state index in [1.54, 1.807) is 0 Å². The molecule has 4 heteroatoms. The zero-order valence-electron chi connectivity index (χ0n) is 9.58. The van der Waals surface area contributed by atoms with E-state index in [0.717, 1.165) is 6.54 Å². The second-order valence-corrected chi connectivity index (χ2v) is 3.69. The van der Waals surface area contributed by atoms with Crippen LogP contribution in [0.3, 0.4) is 0 Å². The van der Waals surface area contributed by atoms with E-state index in [0.29, 0.717) is 6.54 Å². The smallest absolute Gasteiger partial charge is 0.237 e. The summed E-state index contributed by atoms with van der Waals surface area (Å²) < 4.78 is 0. The number of hydrogen-bond acceptors (Lipinski definition) is 3. The highest BCUT2D eigenvalue weighted by molar-refractivity contribution is 5.81. The average Bonchev–Trinajstić information content (AvgIpc) is 2.12. The van der Waals surface area contributed by atoms with E-state index in [-0.39, 0.29) is 24.6 Å². The predicted molar refractivity (Wildman–Crippen MR) is 57.1 cm³/mol. The lowest BCUT2D eigenvalue weighted by Gasteiger charge is -2.26. The number of likely N-dealkylation sites (N-methyl/N-ethyl adjacent to an activating group) is 1. The summed E-state index contributed by atoms with van der Waals surface area (Å²) in [6, 6.07) is -0.00710. The molecule has 0 aliphatic heterocycles. The maximum Gasteiger partial charge on any atom is 0.237 e. The summed E-state index contributed by atoms with van der Waals surface area (Å²) in [5, 5.41) is 11.7. The summed E-state index contributed by atoms with van der Waals surface area (Å²) in [7, 11) is 0. The van der Waals surface area contributed by atoms with E-state index in [1.165, 1.54) is 0 Å². The molecule has 0 saturated carbocycles. The van der Waals surface area contributed by atoms with Gasteiger partial charge in [-0.15, -0.1) is 0 Å². The molecule has 1 atom stereocenters. The Bertz CT molecular complexity index is 172. The molecular formula is C10H22N2O2. The van der Waals surface area contributed by atoms with E-state index in [9.17, 15) is 4.79 Å². The molecule has 0 heterocycles. The fourth-order valence-corrected chi connectivity index (χ4v) is 1.33. The highest BCUT2D eigenvalue weighted by Gasteiger charge is 2.19. The van der Waals surface area contributed by atoms with Gasteiger partial charge in [-0.05, 0) is 27.3 Å². The van der Waals surface area contributed by atoms with Crippen molar-refractivity contribution in [3.8, 4) is 0 Å². The van der Waals surface area contributed by atoms with Gasteiger partial charge in [0.2, 0.25) is 5.91 Å². The van der Waals surface area contributed by atoms with Crippen molar-refractivity contribution in [2.45, 2.75) is 39.8 Å². The lowest BCUT2D eigenvalue weighted by atomic mass is 10.2. The molecule has 0 aliphatic rings. The molecule has 0 aromatic heterocycles. The molecule has 0 aromatic rings. The second kappa shape index (κ2) is 6.79. The summed E-state index contributed by atoms with van der Waals surface area (Å²) in [5.74, 6) is 0.0234. The molecule has 1 unspecified atom stereocenters. The Balaban J connectivity index is 4.12. The summed E-state index contributed by atoms with van der Waals surface area (Å²) >= 11 is 0. The van der Waals surface area contributed by atoms with Crippen molar-refractivity contribution in [1.29, 1.82) is 0 Å². The van der Waals surface area contributed by atoms with Gasteiger partial charge in [-0.25, -0.2) is 0 Å². The molecule has 0 saturated heterocycles. The van der Waals surface area contributed by atoms with Gasteiger partial charge in [0.15, 0.2) is 0 Å². The van der Waals surface area contributed by atoms with Crippen LogP contribution in [-0.2, 0) is 4.79 Å². The van der Waals surface area contributed by atoms with E-state index < -0.39 is 0 Å². The van der Waals surface area contributed by atoms with E-state index in [4.69, 9.17) is 5.11 Å². The van der Waals surface area contributed by atoms with Crippen LogP contribution >= 0.6 is 0 Å². The van der Waals surface area contributed by atoms with Crippen molar-refractivity contribution < 1.29 is 9.90 Å². The SMILES string of the molecule is CCN(CCO)C(C)C(=O)NC(C)C. The van der Waals surface area contributed by atoms with Gasteiger partial charge in [-0.2, -0.15) is 0 Å². The monoisotopic (exact) mass is 202 g/mol. The van der Waals surface area contributed by atoms with E-state index in [1.807, 2.05) is 32.6 Å². The molecule has 0 spiro atoms. The fraction of sp³-hybridized carbons (Fsp3) is 0.900. The molecule has 0 aliphatic carbocycles. The maximum absolute atomic E-state index is 11.6. The first-order valence-corrected chi connectivity index (χ1v) is 5.18. The molecule has 4 nitrogen and oxygen atoms in total. The zero-order chi connectivity index (χ0) is 11.1. The van der Waals surface area contributed by atoms with Gasteiger partial charge < -0.3 is 10.4 Å². The third kappa shape index (κ3) is 4.58. The zero-order valence-corrected chi connectivity index (χ0v) is 9.58. The van der Waals surface area contributed by atoms with Gasteiger partial charge >= 0.3 is 0 Å². The Morgan fingerprint density at radius 3 is 2.36 bits per heavy atom. The number of nitrogens with zero attached hydrogens (tertiary/aromatic N) is 1. The van der Waals surface area contributed by atoms with Crippen molar-refractivity contribution in [3.05, 3.63) is 0 Å². The number of aliphatic hydroxyl groups is 1. The van der Waals surface area contributed by atoms with Crippen LogP contribution in [-0.4, -0.2) is 47.7 Å². The molecule has 1 amide bonds. The first kappa shape index (κ1) is 13.4. The summed E-state index contributed by atoms with van der Waals surface area (Å²) in [4.78, 5) is 13.5. The van der Waals surface area contributed by atoms with Crippen molar-refractivity contribution in [3.63, 3.8) is 0 Å². The van der Waals surface area contributed by atoms with E-state index in [2.05, 4.69) is 5.32 Å².